The standard InChI is InChI=1S/C28H28FN3O7S/c1-4-17-15-22-24(26(33)30-2)25(18-8-10-20(29)11-9-18)39-27(22)32-23(17)16-40(35,36)31-12-13-38-21-7-5-6-19(14-21)28(34)37-3/h5-11,14-15,31H,4,12-13,16H2,1-3H3,(H,30,33). The number of sulfonamides is 1. The molecule has 0 bridgehead atoms. The molecule has 210 valence electrons. The molecule has 0 saturated carbocycles. The third-order valence-corrected chi connectivity index (χ3v) is 7.36. The molecule has 0 unspecified atom stereocenters. The number of ether oxygens (including phenoxy) is 2. The minimum atomic E-state index is -3.83. The van der Waals surface area contributed by atoms with Crippen molar-refractivity contribution in [3.8, 4) is 17.1 Å². The zero-order chi connectivity index (χ0) is 28.9. The highest BCUT2D eigenvalue weighted by atomic mass is 32.2. The first kappa shape index (κ1) is 28.7. The topological polar surface area (TPSA) is 137 Å². The third-order valence-electron chi connectivity index (χ3n) is 6.07. The van der Waals surface area contributed by atoms with Gasteiger partial charge < -0.3 is 19.2 Å². The van der Waals surface area contributed by atoms with Gasteiger partial charge in [0.2, 0.25) is 15.7 Å². The van der Waals surface area contributed by atoms with Crippen LogP contribution in [0.2, 0.25) is 0 Å². The number of nitrogens with zero attached hydrogens (tertiary/aromatic N) is 1. The van der Waals surface area contributed by atoms with E-state index in [1.165, 1.54) is 44.5 Å². The van der Waals surface area contributed by atoms with E-state index < -0.39 is 33.5 Å². The normalized spacial score (nSPS) is 11.4. The number of hydrogen-bond acceptors (Lipinski definition) is 8. The number of nitrogens with one attached hydrogen (secondary N) is 2. The minimum Gasteiger partial charge on any atom is -0.492 e. The van der Waals surface area contributed by atoms with Crippen LogP contribution in [0.3, 0.4) is 0 Å². The van der Waals surface area contributed by atoms with Crippen molar-refractivity contribution in [1.82, 2.24) is 15.0 Å². The molecular formula is C28H28FN3O7S. The molecule has 2 N–H and O–H groups in total. The van der Waals surface area contributed by atoms with Gasteiger partial charge in [0.1, 0.15) is 29.7 Å². The Kier molecular flexibility index (Phi) is 8.80. The highest BCUT2D eigenvalue weighted by molar-refractivity contribution is 7.88. The number of carbonyl (C=O) groups excluding carboxylic acids is 2. The Labute approximate surface area is 230 Å². The molecule has 12 heteroatoms. The zero-order valence-corrected chi connectivity index (χ0v) is 22.9. The summed E-state index contributed by atoms with van der Waals surface area (Å²) < 4.78 is 57.9. The molecule has 2 heterocycles. The van der Waals surface area contributed by atoms with Crippen LogP contribution in [0, 0.1) is 5.82 Å². The summed E-state index contributed by atoms with van der Waals surface area (Å²) in [6.07, 6.45) is 0.456. The first-order chi connectivity index (χ1) is 19.2. The quantitative estimate of drug-likeness (QED) is 0.205. The number of benzene rings is 2. The van der Waals surface area contributed by atoms with E-state index in [2.05, 4.69) is 19.8 Å². The van der Waals surface area contributed by atoms with Crippen LogP contribution in [0.1, 0.15) is 38.9 Å². The maximum absolute atomic E-state index is 13.5. The lowest BCUT2D eigenvalue weighted by Gasteiger charge is -2.11. The Hall–Kier alpha value is -4.29. The average molecular weight is 570 g/mol. The summed E-state index contributed by atoms with van der Waals surface area (Å²) in [5.41, 5.74) is 2.02. The van der Waals surface area contributed by atoms with Crippen molar-refractivity contribution >= 4 is 33.0 Å². The molecule has 0 aliphatic heterocycles. The van der Waals surface area contributed by atoms with E-state index in [0.717, 1.165) is 0 Å². The molecule has 0 saturated heterocycles. The molecule has 2 aromatic heterocycles. The molecule has 0 radical (unpaired) electrons. The second kappa shape index (κ2) is 12.3. The lowest BCUT2D eigenvalue weighted by Crippen LogP contribution is -2.30. The summed E-state index contributed by atoms with van der Waals surface area (Å²) in [4.78, 5) is 28.9. The van der Waals surface area contributed by atoms with E-state index in [1.54, 1.807) is 24.3 Å². The molecule has 4 rings (SSSR count). The van der Waals surface area contributed by atoms with E-state index in [9.17, 15) is 22.4 Å². The Morgan fingerprint density at radius 1 is 1.10 bits per heavy atom. The van der Waals surface area contributed by atoms with Crippen LogP contribution in [0.25, 0.3) is 22.4 Å². The number of pyridine rings is 1. The lowest BCUT2D eigenvalue weighted by molar-refractivity contribution is 0.0600. The average Bonchev–Trinajstić information content (AvgIpc) is 3.32. The van der Waals surface area contributed by atoms with Gasteiger partial charge in [0.25, 0.3) is 5.91 Å². The van der Waals surface area contributed by atoms with Gasteiger partial charge in [-0.15, -0.1) is 0 Å². The molecule has 0 fully saturated rings. The van der Waals surface area contributed by atoms with Crippen molar-refractivity contribution < 1.29 is 36.3 Å². The van der Waals surface area contributed by atoms with Gasteiger partial charge in [-0.3, -0.25) is 4.79 Å². The number of methoxy groups -OCH3 is 1. The largest absolute Gasteiger partial charge is 0.492 e. The Bertz CT molecular complexity index is 1650. The van der Waals surface area contributed by atoms with E-state index in [4.69, 9.17) is 9.15 Å². The van der Waals surface area contributed by atoms with Crippen LogP contribution >= 0.6 is 0 Å². The summed E-state index contributed by atoms with van der Waals surface area (Å²) in [6.45, 7) is 1.85. The van der Waals surface area contributed by atoms with Crippen LogP contribution in [0.5, 0.6) is 5.75 Å². The van der Waals surface area contributed by atoms with Crippen LogP contribution in [0.15, 0.2) is 59.0 Å². The third kappa shape index (κ3) is 6.46. The van der Waals surface area contributed by atoms with Crippen LogP contribution in [0.4, 0.5) is 4.39 Å². The van der Waals surface area contributed by atoms with Crippen LogP contribution < -0.4 is 14.8 Å². The predicted molar refractivity (Wildman–Crippen MR) is 146 cm³/mol. The summed E-state index contributed by atoms with van der Waals surface area (Å²) in [6, 6.07) is 13.5. The number of rotatable bonds is 11. The molecule has 0 spiro atoms. The Balaban J connectivity index is 1.53. The number of amides is 1. The van der Waals surface area contributed by atoms with Gasteiger partial charge in [-0.1, -0.05) is 13.0 Å². The van der Waals surface area contributed by atoms with Crippen molar-refractivity contribution in [2.45, 2.75) is 19.1 Å². The van der Waals surface area contributed by atoms with Gasteiger partial charge in [0.15, 0.2) is 0 Å². The van der Waals surface area contributed by atoms with Crippen molar-refractivity contribution in [3.63, 3.8) is 0 Å². The summed E-state index contributed by atoms with van der Waals surface area (Å²) in [7, 11) is -1.07. The molecule has 1 amide bonds. The van der Waals surface area contributed by atoms with Crippen LogP contribution in [-0.4, -0.2) is 52.6 Å². The fourth-order valence-electron chi connectivity index (χ4n) is 4.11. The molecule has 4 aromatic rings. The summed E-state index contributed by atoms with van der Waals surface area (Å²) in [5, 5.41) is 3.01. The highest BCUT2D eigenvalue weighted by Crippen LogP contribution is 2.34. The maximum atomic E-state index is 13.5. The molecule has 2 aromatic carbocycles. The molecule has 0 aliphatic carbocycles. The molecular weight excluding hydrogens is 541 g/mol. The van der Waals surface area contributed by atoms with Gasteiger partial charge >= 0.3 is 5.97 Å². The smallest absolute Gasteiger partial charge is 0.337 e. The first-order valence-electron chi connectivity index (χ1n) is 12.4. The van der Waals surface area contributed by atoms with E-state index in [1.807, 2.05) is 6.92 Å². The predicted octanol–water partition coefficient (Wildman–Crippen LogP) is 3.84. The van der Waals surface area contributed by atoms with E-state index in [0.29, 0.717) is 34.2 Å². The number of carbonyl (C=O) groups is 2. The van der Waals surface area contributed by atoms with Crippen molar-refractivity contribution in [3.05, 3.63) is 82.8 Å². The number of aryl methyl sites for hydroxylation is 1. The van der Waals surface area contributed by atoms with Crippen LogP contribution in [-0.2, 0) is 26.9 Å². The number of halogens is 1. The number of aromatic nitrogens is 1. The molecule has 40 heavy (non-hydrogen) atoms. The summed E-state index contributed by atoms with van der Waals surface area (Å²) >= 11 is 0. The van der Waals surface area contributed by atoms with E-state index >= 15 is 0 Å². The highest BCUT2D eigenvalue weighted by Gasteiger charge is 2.25. The zero-order valence-electron chi connectivity index (χ0n) is 22.1. The Morgan fingerprint density at radius 2 is 1.85 bits per heavy atom. The van der Waals surface area contributed by atoms with Crippen molar-refractivity contribution in [1.29, 1.82) is 0 Å². The number of hydrogen-bond donors (Lipinski definition) is 2. The van der Waals surface area contributed by atoms with Gasteiger partial charge in [0.05, 0.1) is 29.3 Å². The monoisotopic (exact) mass is 569 g/mol. The molecule has 0 atom stereocenters. The SMILES string of the molecule is CCc1cc2c(C(=O)NC)c(-c3ccc(F)cc3)oc2nc1CS(=O)(=O)NCCOc1cccc(C(=O)OC)c1. The van der Waals surface area contributed by atoms with Gasteiger partial charge in [-0.2, -0.15) is 0 Å². The molecule has 10 nitrogen and oxygen atoms in total. The Morgan fingerprint density at radius 3 is 2.52 bits per heavy atom. The first-order valence-corrected chi connectivity index (χ1v) is 14.0. The second-order valence-corrected chi connectivity index (χ2v) is 10.5. The fraction of sp³-hybridized carbons (Fsp3) is 0.250. The number of esters is 1. The summed E-state index contributed by atoms with van der Waals surface area (Å²) in [5.74, 6) is -1.19. The lowest BCUT2D eigenvalue weighted by atomic mass is 10.0. The maximum Gasteiger partial charge on any atom is 0.337 e. The van der Waals surface area contributed by atoms with Gasteiger partial charge in [0, 0.05) is 19.2 Å². The van der Waals surface area contributed by atoms with E-state index in [-0.39, 0.29) is 35.9 Å². The number of fused-ring (bicyclic) bond motifs is 1. The van der Waals surface area contributed by atoms with Gasteiger partial charge in [-0.05, 0) is 60.5 Å². The minimum absolute atomic E-state index is 0.0195. The van der Waals surface area contributed by atoms with Crippen molar-refractivity contribution in [2.24, 2.45) is 0 Å². The van der Waals surface area contributed by atoms with Gasteiger partial charge in [-0.25, -0.2) is 27.3 Å². The van der Waals surface area contributed by atoms with Crippen molar-refractivity contribution in [2.75, 3.05) is 27.3 Å². The fourth-order valence-corrected chi connectivity index (χ4v) is 5.22. The second-order valence-electron chi connectivity index (χ2n) is 8.71. The molecule has 0 aliphatic rings. The number of furan rings is 1.